The monoisotopic (exact) mass is 387 g/mol. The molecule has 0 aromatic heterocycles. The van der Waals surface area contributed by atoms with Gasteiger partial charge in [0.05, 0.1) is 23.4 Å². The van der Waals surface area contributed by atoms with Crippen LogP contribution in [-0.4, -0.2) is 27.2 Å². The smallest absolute Gasteiger partial charge is 0.267 e. The van der Waals surface area contributed by atoms with Crippen LogP contribution >= 0.6 is 11.6 Å². The van der Waals surface area contributed by atoms with Gasteiger partial charge >= 0.3 is 0 Å². The summed E-state index contributed by atoms with van der Waals surface area (Å²) >= 11 is 6.00. The van der Waals surface area contributed by atoms with Gasteiger partial charge in [0, 0.05) is 6.07 Å². The number of hydrogen-bond acceptors (Lipinski definition) is 5. The molecule has 6 nitrogen and oxygen atoms in total. The molecule has 0 radical (unpaired) electrons. The SMILES string of the molecule is CCOc1ccc(Oc2cc(F)c(C(=O)NS(C)(=O)=O)cc2Cl)cc1. The molecule has 0 aliphatic rings. The molecule has 0 heterocycles. The van der Waals surface area contributed by atoms with Crippen molar-refractivity contribution in [2.24, 2.45) is 0 Å². The number of ether oxygens (including phenoxy) is 2. The fourth-order valence-electron chi connectivity index (χ4n) is 1.90. The molecule has 9 heteroatoms. The summed E-state index contributed by atoms with van der Waals surface area (Å²) in [6, 6.07) is 8.50. The van der Waals surface area contributed by atoms with Crippen LogP contribution in [0.1, 0.15) is 17.3 Å². The van der Waals surface area contributed by atoms with E-state index in [0.717, 1.165) is 18.4 Å². The largest absolute Gasteiger partial charge is 0.494 e. The maximum Gasteiger partial charge on any atom is 0.267 e. The van der Waals surface area contributed by atoms with Gasteiger partial charge < -0.3 is 9.47 Å². The molecular weight excluding hydrogens is 373 g/mol. The Bertz CT molecular complexity index is 884. The molecule has 0 fully saturated rings. The highest BCUT2D eigenvalue weighted by atomic mass is 35.5. The lowest BCUT2D eigenvalue weighted by molar-refractivity contribution is 0.0977. The molecular formula is C16H15ClFNO5S. The summed E-state index contributed by atoms with van der Waals surface area (Å²) < 4.78 is 48.7. The summed E-state index contributed by atoms with van der Waals surface area (Å²) in [4.78, 5) is 11.8. The van der Waals surface area contributed by atoms with E-state index >= 15 is 0 Å². The molecule has 0 atom stereocenters. The average Bonchev–Trinajstić information content (AvgIpc) is 2.51. The molecule has 0 aliphatic carbocycles. The van der Waals surface area contributed by atoms with Crippen molar-refractivity contribution in [1.82, 2.24) is 4.72 Å². The van der Waals surface area contributed by atoms with E-state index in [1.165, 1.54) is 0 Å². The minimum atomic E-state index is -3.82. The minimum absolute atomic E-state index is 0.0146. The summed E-state index contributed by atoms with van der Waals surface area (Å²) in [6.07, 6.45) is 0.786. The van der Waals surface area contributed by atoms with Gasteiger partial charge in [-0.3, -0.25) is 4.79 Å². The summed E-state index contributed by atoms with van der Waals surface area (Å²) in [7, 11) is -3.82. The van der Waals surface area contributed by atoms with Gasteiger partial charge in [-0.05, 0) is 37.3 Å². The van der Waals surface area contributed by atoms with E-state index in [4.69, 9.17) is 21.1 Å². The van der Waals surface area contributed by atoms with Crippen molar-refractivity contribution in [3.63, 3.8) is 0 Å². The van der Waals surface area contributed by atoms with E-state index in [0.29, 0.717) is 18.1 Å². The third kappa shape index (κ3) is 5.33. The maximum absolute atomic E-state index is 14.1. The quantitative estimate of drug-likeness (QED) is 0.821. The van der Waals surface area contributed by atoms with E-state index in [2.05, 4.69) is 0 Å². The number of sulfonamides is 1. The van der Waals surface area contributed by atoms with Crippen molar-refractivity contribution in [3.8, 4) is 17.2 Å². The Morgan fingerprint density at radius 3 is 2.36 bits per heavy atom. The zero-order valence-electron chi connectivity index (χ0n) is 13.4. The first-order valence-electron chi connectivity index (χ1n) is 7.11. The van der Waals surface area contributed by atoms with Gasteiger partial charge in [-0.25, -0.2) is 17.5 Å². The standard InChI is InChI=1S/C16H15ClFNO5S/c1-3-23-10-4-6-11(7-5-10)24-15-9-14(18)12(8-13(15)17)16(20)19-25(2,21)22/h4-9H,3H2,1-2H3,(H,19,20). The van der Waals surface area contributed by atoms with Crippen molar-refractivity contribution in [2.75, 3.05) is 12.9 Å². The Balaban J connectivity index is 2.23. The number of carbonyl (C=O) groups is 1. The molecule has 25 heavy (non-hydrogen) atoms. The van der Waals surface area contributed by atoms with Crippen LogP contribution in [0.5, 0.6) is 17.2 Å². The van der Waals surface area contributed by atoms with Crippen LogP contribution in [0.4, 0.5) is 4.39 Å². The third-order valence-corrected chi connectivity index (χ3v) is 3.76. The predicted molar refractivity (Wildman–Crippen MR) is 91.4 cm³/mol. The molecule has 0 bridgehead atoms. The second kappa shape index (κ2) is 7.71. The highest BCUT2D eigenvalue weighted by Crippen LogP contribution is 2.32. The topological polar surface area (TPSA) is 81.7 Å². The molecule has 0 unspecified atom stereocenters. The summed E-state index contributed by atoms with van der Waals surface area (Å²) in [5.74, 6) is -1.06. The molecule has 0 spiro atoms. The van der Waals surface area contributed by atoms with Crippen molar-refractivity contribution in [1.29, 1.82) is 0 Å². The van der Waals surface area contributed by atoms with Gasteiger partial charge in [0.1, 0.15) is 23.1 Å². The summed E-state index contributed by atoms with van der Waals surface area (Å²) in [5, 5.41) is -0.0473. The van der Waals surface area contributed by atoms with Crippen LogP contribution in [0.2, 0.25) is 5.02 Å². The van der Waals surface area contributed by atoms with Crippen molar-refractivity contribution < 1.29 is 27.1 Å². The second-order valence-electron chi connectivity index (χ2n) is 4.97. The van der Waals surface area contributed by atoms with Gasteiger partial charge in [-0.1, -0.05) is 11.6 Å². The van der Waals surface area contributed by atoms with Crippen LogP contribution in [-0.2, 0) is 10.0 Å². The molecule has 2 rings (SSSR count). The zero-order chi connectivity index (χ0) is 18.6. The van der Waals surface area contributed by atoms with Gasteiger partial charge in [0.25, 0.3) is 5.91 Å². The lowest BCUT2D eigenvalue weighted by atomic mass is 10.2. The first-order chi connectivity index (χ1) is 11.7. The Labute approximate surface area is 149 Å². The minimum Gasteiger partial charge on any atom is -0.494 e. The molecule has 2 aromatic rings. The van der Waals surface area contributed by atoms with Crippen LogP contribution in [0.15, 0.2) is 36.4 Å². The molecule has 1 amide bonds. The number of halogens is 2. The number of carbonyl (C=O) groups excluding carboxylic acids is 1. The molecule has 2 aromatic carbocycles. The summed E-state index contributed by atoms with van der Waals surface area (Å²) in [6.45, 7) is 2.38. The highest BCUT2D eigenvalue weighted by molar-refractivity contribution is 7.89. The first-order valence-corrected chi connectivity index (χ1v) is 9.38. The lowest BCUT2D eigenvalue weighted by Gasteiger charge is -2.11. The zero-order valence-corrected chi connectivity index (χ0v) is 14.9. The average molecular weight is 388 g/mol. The Hall–Kier alpha value is -2.32. The molecule has 0 aliphatic heterocycles. The number of benzene rings is 2. The number of amides is 1. The molecule has 0 saturated heterocycles. The van der Waals surface area contributed by atoms with Crippen LogP contribution < -0.4 is 14.2 Å². The van der Waals surface area contributed by atoms with E-state index in [1.807, 2.05) is 6.92 Å². The van der Waals surface area contributed by atoms with Crippen molar-refractivity contribution >= 4 is 27.5 Å². The van der Waals surface area contributed by atoms with Gasteiger partial charge in [0.15, 0.2) is 0 Å². The maximum atomic E-state index is 14.1. The van der Waals surface area contributed by atoms with Crippen LogP contribution in [0.25, 0.3) is 0 Å². The van der Waals surface area contributed by atoms with E-state index in [-0.39, 0.29) is 10.8 Å². The second-order valence-corrected chi connectivity index (χ2v) is 7.13. The fourth-order valence-corrected chi connectivity index (χ4v) is 2.55. The Morgan fingerprint density at radius 1 is 1.20 bits per heavy atom. The van der Waals surface area contributed by atoms with Crippen molar-refractivity contribution in [3.05, 3.63) is 52.8 Å². The van der Waals surface area contributed by atoms with Gasteiger partial charge in [0.2, 0.25) is 10.0 Å². The first kappa shape index (κ1) is 19.0. The van der Waals surface area contributed by atoms with Crippen LogP contribution in [0, 0.1) is 5.82 Å². The summed E-state index contributed by atoms with van der Waals surface area (Å²) in [5.41, 5.74) is -0.505. The van der Waals surface area contributed by atoms with E-state index in [9.17, 15) is 17.6 Å². The lowest BCUT2D eigenvalue weighted by Crippen LogP contribution is -2.30. The highest BCUT2D eigenvalue weighted by Gasteiger charge is 2.19. The predicted octanol–water partition coefficient (Wildman–Crippen LogP) is 3.36. The van der Waals surface area contributed by atoms with Crippen molar-refractivity contribution in [2.45, 2.75) is 6.92 Å². The Morgan fingerprint density at radius 2 is 1.80 bits per heavy atom. The van der Waals surface area contributed by atoms with Gasteiger partial charge in [-0.2, -0.15) is 0 Å². The number of hydrogen-bond donors (Lipinski definition) is 1. The van der Waals surface area contributed by atoms with E-state index in [1.54, 1.807) is 29.0 Å². The van der Waals surface area contributed by atoms with Gasteiger partial charge in [-0.15, -0.1) is 0 Å². The van der Waals surface area contributed by atoms with E-state index < -0.39 is 27.3 Å². The molecule has 1 N–H and O–H groups in total. The van der Waals surface area contributed by atoms with Crippen LogP contribution in [0.3, 0.4) is 0 Å². The Kier molecular flexibility index (Phi) is 5.86. The fraction of sp³-hybridized carbons (Fsp3) is 0.188. The number of nitrogens with one attached hydrogen (secondary N) is 1. The molecule has 0 saturated carbocycles. The third-order valence-electron chi connectivity index (χ3n) is 2.91. The normalized spacial score (nSPS) is 11.0. The molecule has 134 valence electrons. The number of rotatable bonds is 6.